The molecule has 2 heterocycles. The molecule has 0 bridgehead atoms. The number of pyridine rings is 1. The van der Waals surface area contributed by atoms with Gasteiger partial charge in [-0.15, -0.1) is 0 Å². The maximum atomic E-state index is 12.1. The minimum atomic E-state index is -0.943. The number of fused-ring (bicyclic) bond motifs is 1. The van der Waals surface area contributed by atoms with Crippen LogP contribution in [-0.2, 0) is 14.3 Å². The SMILES string of the molecule is Cc1ccc(NC(=O)[C@H](C)OC(=O)/C=C/c2c(Cl)nc3ccccn23)cc1. The second-order valence-electron chi connectivity index (χ2n) is 5.98. The fourth-order valence-corrected chi connectivity index (χ4v) is 2.67. The Labute approximate surface area is 161 Å². The number of carbonyl (C=O) groups is 2. The van der Waals surface area contributed by atoms with E-state index in [0.29, 0.717) is 17.0 Å². The molecular weight excluding hydrogens is 366 g/mol. The molecule has 0 aliphatic carbocycles. The molecule has 0 radical (unpaired) electrons. The van der Waals surface area contributed by atoms with Gasteiger partial charge in [0.1, 0.15) is 5.65 Å². The maximum Gasteiger partial charge on any atom is 0.331 e. The minimum absolute atomic E-state index is 0.274. The molecule has 7 heteroatoms. The number of nitrogens with one attached hydrogen (secondary N) is 1. The number of hydrogen-bond acceptors (Lipinski definition) is 4. The molecule has 3 rings (SSSR count). The van der Waals surface area contributed by atoms with Crippen LogP contribution in [0, 0.1) is 6.92 Å². The average Bonchev–Trinajstić information content (AvgIpc) is 2.97. The molecule has 1 amide bonds. The summed E-state index contributed by atoms with van der Waals surface area (Å²) in [5.41, 5.74) is 2.95. The number of aromatic nitrogens is 2. The van der Waals surface area contributed by atoms with Crippen molar-refractivity contribution in [1.29, 1.82) is 0 Å². The number of ether oxygens (including phenoxy) is 1. The Bertz CT molecular complexity index is 1010. The van der Waals surface area contributed by atoms with E-state index in [-0.39, 0.29) is 5.15 Å². The number of esters is 1. The van der Waals surface area contributed by atoms with Gasteiger partial charge in [-0.2, -0.15) is 0 Å². The fourth-order valence-electron chi connectivity index (χ4n) is 2.43. The summed E-state index contributed by atoms with van der Waals surface area (Å²) in [5.74, 6) is -1.06. The number of amides is 1. The summed E-state index contributed by atoms with van der Waals surface area (Å²) in [5, 5.41) is 2.98. The van der Waals surface area contributed by atoms with E-state index in [1.165, 1.54) is 19.1 Å². The Hall–Kier alpha value is -3.12. The molecule has 1 aromatic carbocycles. The fraction of sp³-hybridized carbons (Fsp3) is 0.150. The van der Waals surface area contributed by atoms with E-state index in [0.717, 1.165) is 5.56 Å². The highest BCUT2D eigenvalue weighted by atomic mass is 35.5. The molecule has 0 saturated carbocycles. The summed E-state index contributed by atoms with van der Waals surface area (Å²) in [4.78, 5) is 28.4. The summed E-state index contributed by atoms with van der Waals surface area (Å²) in [7, 11) is 0. The van der Waals surface area contributed by atoms with E-state index in [4.69, 9.17) is 16.3 Å². The molecular formula is C20H18ClN3O3. The Morgan fingerprint density at radius 3 is 2.70 bits per heavy atom. The standard InChI is InChI=1S/C20H18ClN3O3/c1-13-6-8-15(9-7-13)22-20(26)14(2)27-18(25)11-10-16-19(21)23-17-5-3-4-12-24(16)17/h3-12,14H,1-2H3,(H,22,26)/b11-10+/t14-/m0/s1. The van der Waals surface area contributed by atoms with Crippen molar-refractivity contribution >= 4 is 40.9 Å². The lowest BCUT2D eigenvalue weighted by molar-refractivity contribution is -0.148. The highest BCUT2D eigenvalue weighted by molar-refractivity contribution is 6.31. The number of aryl methyl sites for hydroxylation is 1. The summed E-state index contributed by atoms with van der Waals surface area (Å²) < 4.78 is 6.90. The normalized spacial score (nSPS) is 12.3. The summed E-state index contributed by atoms with van der Waals surface area (Å²) in [6.07, 6.45) is 3.57. The van der Waals surface area contributed by atoms with Crippen molar-refractivity contribution < 1.29 is 14.3 Å². The number of rotatable bonds is 5. The zero-order chi connectivity index (χ0) is 19.4. The molecule has 0 unspecified atom stereocenters. The maximum absolute atomic E-state index is 12.1. The third kappa shape index (κ3) is 4.54. The van der Waals surface area contributed by atoms with Gasteiger partial charge in [0.05, 0.1) is 5.69 Å². The number of halogens is 1. The number of anilines is 1. The van der Waals surface area contributed by atoms with E-state index in [1.54, 1.807) is 28.8 Å². The van der Waals surface area contributed by atoms with Gasteiger partial charge in [0, 0.05) is 18.0 Å². The van der Waals surface area contributed by atoms with Gasteiger partial charge in [-0.3, -0.25) is 9.20 Å². The van der Waals surface area contributed by atoms with Gasteiger partial charge < -0.3 is 10.1 Å². The summed E-state index contributed by atoms with van der Waals surface area (Å²) in [6.45, 7) is 3.47. The van der Waals surface area contributed by atoms with E-state index in [1.807, 2.05) is 31.2 Å². The minimum Gasteiger partial charge on any atom is -0.449 e. The highest BCUT2D eigenvalue weighted by Gasteiger charge is 2.17. The first-order valence-electron chi connectivity index (χ1n) is 8.33. The van der Waals surface area contributed by atoms with E-state index in [2.05, 4.69) is 10.3 Å². The van der Waals surface area contributed by atoms with Gasteiger partial charge in [0.15, 0.2) is 11.3 Å². The lowest BCUT2D eigenvalue weighted by Gasteiger charge is -2.12. The molecule has 0 aliphatic heterocycles. The smallest absolute Gasteiger partial charge is 0.331 e. The molecule has 1 N–H and O–H groups in total. The van der Waals surface area contributed by atoms with Crippen LogP contribution in [0.3, 0.4) is 0 Å². The predicted molar refractivity (Wildman–Crippen MR) is 105 cm³/mol. The van der Waals surface area contributed by atoms with Crippen LogP contribution in [-0.4, -0.2) is 27.4 Å². The van der Waals surface area contributed by atoms with Crippen LogP contribution in [0.25, 0.3) is 11.7 Å². The third-order valence-corrected chi connectivity index (χ3v) is 4.16. The molecule has 0 spiro atoms. The topological polar surface area (TPSA) is 72.7 Å². The van der Waals surface area contributed by atoms with Crippen molar-refractivity contribution in [2.24, 2.45) is 0 Å². The summed E-state index contributed by atoms with van der Waals surface area (Å²) in [6, 6.07) is 12.8. The van der Waals surface area contributed by atoms with Gasteiger partial charge in [-0.05, 0) is 44.2 Å². The number of benzene rings is 1. The van der Waals surface area contributed by atoms with Gasteiger partial charge in [-0.1, -0.05) is 35.4 Å². The zero-order valence-corrected chi connectivity index (χ0v) is 15.6. The Kier molecular flexibility index (Phi) is 5.57. The van der Waals surface area contributed by atoms with Crippen molar-refractivity contribution in [2.45, 2.75) is 20.0 Å². The van der Waals surface area contributed by atoms with Crippen LogP contribution >= 0.6 is 11.6 Å². The largest absolute Gasteiger partial charge is 0.449 e. The van der Waals surface area contributed by atoms with E-state index >= 15 is 0 Å². The van der Waals surface area contributed by atoms with Crippen molar-refractivity contribution in [3.63, 3.8) is 0 Å². The first-order chi connectivity index (χ1) is 12.9. The van der Waals surface area contributed by atoms with E-state index < -0.39 is 18.0 Å². The molecule has 0 aliphatic rings. The molecule has 0 saturated heterocycles. The molecule has 3 aromatic rings. The van der Waals surface area contributed by atoms with E-state index in [9.17, 15) is 9.59 Å². The molecule has 0 fully saturated rings. The van der Waals surface area contributed by atoms with Crippen molar-refractivity contribution in [3.05, 3.63) is 71.1 Å². The molecule has 138 valence electrons. The number of carbonyl (C=O) groups excluding carboxylic acids is 2. The molecule has 27 heavy (non-hydrogen) atoms. The van der Waals surface area contributed by atoms with Gasteiger partial charge in [-0.25, -0.2) is 9.78 Å². The van der Waals surface area contributed by atoms with Crippen molar-refractivity contribution in [3.8, 4) is 0 Å². The molecule has 2 aromatic heterocycles. The van der Waals surface area contributed by atoms with Crippen LogP contribution < -0.4 is 5.32 Å². The van der Waals surface area contributed by atoms with Crippen LogP contribution in [0.4, 0.5) is 5.69 Å². The lowest BCUT2D eigenvalue weighted by Crippen LogP contribution is -2.29. The number of nitrogens with zero attached hydrogens (tertiary/aromatic N) is 2. The molecule has 1 atom stereocenters. The average molecular weight is 384 g/mol. The predicted octanol–water partition coefficient (Wildman–Crippen LogP) is 3.88. The first-order valence-corrected chi connectivity index (χ1v) is 8.70. The van der Waals surface area contributed by atoms with Crippen LogP contribution in [0.2, 0.25) is 5.15 Å². The van der Waals surface area contributed by atoms with Crippen molar-refractivity contribution in [2.75, 3.05) is 5.32 Å². The quantitative estimate of drug-likeness (QED) is 0.536. The highest BCUT2D eigenvalue weighted by Crippen LogP contribution is 2.19. The third-order valence-electron chi connectivity index (χ3n) is 3.88. The summed E-state index contributed by atoms with van der Waals surface area (Å²) >= 11 is 6.11. The van der Waals surface area contributed by atoms with Crippen molar-refractivity contribution in [1.82, 2.24) is 9.38 Å². The second kappa shape index (κ2) is 8.05. The zero-order valence-electron chi connectivity index (χ0n) is 14.8. The van der Waals surface area contributed by atoms with Gasteiger partial charge in [0.25, 0.3) is 5.91 Å². The number of imidazole rings is 1. The monoisotopic (exact) mass is 383 g/mol. The van der Waals surface area contributed by atoms with Gasteiger partial charge in [0.2, 0.25) is 0 Å². The first kappa shape index (κ1) is 18.7. The van der Waals surface area contributed by atoms with Crippen LogP contribution in [0.5, 0.6) is 0 Å². The lowest BCUT2D eigenvalue weighted by atomic mass is 10.2. The number of hydrogen-bond donors (Lipinski definition) is 1. The van der Waals surface area contributed by atoms with Gasteiger partial charge >= 0.3 is 5.97 Å². The van der Waals surface area contributed by atoms with Crippen LogP contribution in [0.15, 0.2) is 54.7 Å². The Morgan fingerprint density at radius 2 is 1.96 bits per heavy atom. The second-order valence-corrected chi connectivity index (χ2v) is 6.34. The Morgan fingerprint density at radius 1 is 1.22 bits per heavy atom. The van der Waals surface area contributed by atoms with Crippen LogP contribution in [0.1, 0.15) is 18.2 Å². The molecule has 6 nitrogen and oxygen atoms in total. The Balaban J connectivity index is 1.62.